The van der Waals surface area contributed by atoms with E-state index in [-0.39, 0.29) is 11.9 Å². The van der Waals surface area contributed by atoms with Crippen LogP contribution in [0.5, 0.6) is 5.75 Å². The molecule has 0 saturated carbocycles. The molecule has 0 amide bonds. The first-order valence-electron chi connectivity index (χ1n) is 5.48. The van der Waals surface area contributed by atoms with Crippen LogP contribution in [0.3, 0.4) is 0 Å². The second-order valence-electron chi connectivity index (χ2n) is 3.78. The maximum atomic E-state index is 8.64. The van der Waals surface area contributed by atoms with E-state index in [4.69, 9.17) is 20.4 Å². The van der Waals surface area contributed by atoms with E-state index in [0.29, 0.717) is 18.1 Å². The molecule has 92 valence electrons. The van der Waals surface area contributed by atoms with Gasteiger partial charge >= 0.3 is 0 Å². The number of hydrogen-bond donors (Lipinski definition) is 2. The lowest BCUT2D eigenvalue weighted by atomic mass is 10.2. The van der Waals surface area contributed by atoms with Gasteiger partial charge < -0.3 is 20.4 Å². The van der Waals surface area contributed by atoms with Gasteiger partial charge in [-0.05, 0) is 25.0 Å². The van der Waals surface area contributed by atoms with Gasteiger partial charge in [0.2, 0.25) is 0 Å². The Balaban J connectivity index is 2.04. The molecule has 1 unspecified atom stereocenters. The molecule has 2 rings (SSSR count). The van der Waals surface area contributed by atoms with Gasteiger partial charge in [0.15, 0.2) is 11.5 Å². The number of ether oxygens (including phenoxy) is 2. The fourth-order valence-electron chi connectivity index (χ4n) is 1.71. The van der Waals surface area contributed by atoms with Crippen LogP contribution in [0.25, 0.3) is 0 Å². The van der Waals surface area contributed by atoms with Crippen LogP contribution in [0.15, 0.2) is 23.5 Å². The van der Waals surface area contributed by atoms with E-state index in [9.17, 15) is 0 Å². The molecule has 1 aliphatic rings. The molecule has 1 saturated heterocycles. The molecule has 0 radical (unpaired) electrons. The molecule has 17 heavy (non-hydrogen) atoms. The Morgan fingerprint density at radius 2 is 2.59 bits per heavy atom. The number of pyridine rings is 1. The second-order valence-corrected chi connectivity index (χ2v) is 3.78. The standard InChI is InChI=1S/C11H15N3O3/c12-11(14-15)10-9(4-1-5-13-10)17-7-8-3-2-6-16-8/h1,4-5,8,15H,2-3,6-7H2,(H2,12,14). The SMILES string of the molecule is N/C(=N/O)c1ncccc1OCC1CCCO1. The van der Waals surface area contributed by atoms with E-state index in [1.54, 1.807) is 18.3 Å². The van der Waals surface area contributed by atoms with Gasteiger partial charge in [-0.2, -0.15) is 0 Å². The Kier molecular flexibility index (Phi) is 3.77. The summed E-state index contributed by atoms with van der Waals surface area (Å²) in [5.74, 6) is 0.436. The summed E-state index contributed by atoms with van der Waals surface area (Å²) in [6.07, 6.45) is 3.75. The van der Waals surface area contributed by atoms with Crippen LogP contribution in [0, 0.1) is 0 Å². The Morgan fingerprint density at radius 3 is 3.29 bits per heavy atom. The highest BCUT2D eigenvalue weighted by atomic mass is 16.5. The van der Waals surface area contributed by atoms with Crippen molar-refractivity contribution in [2.45, 2.75) is 18.9 Å². The number of nitrogens with two attached hydrogens (primary N) is 1. The lowest BCUT2D eigenvalue weighted by Crippen LogP contribution is -2.20. The number of aromatic nitrogens is 1. The molecule has 1 aromatic heterocycles. The molecule has 0 spiro atoms. The molecule has 1 aliphatic heterocycles. The van der Waals surface area contributed by atoms with Crippen molar-refractivity contribution in [2.75, 3.05) is 13.2 Å². The van der Waals surface area contributed by atoms with Crippen molar-refractivity contribution < 1.29 is 14.7 Å². The summed E-state index contributed by atoms with van der Waals surface area (Å²) in [7, 11) is 0. The maximum Gasteiger partial charge on any atom is 0.192 e. The lowest BCUT2D eigenvalue weighted by molar-refractivity contribution is 0.0677. The van der Waals surface area contributed by atoms with E-state index in [1.165, 1.54) is 0 Å². The normalized spacial score (nSPS) is 20.5. The van der Waals surface area contributed by atoms with E-state index in [1.807, 2.05) is 0 Å². The zero-order valence-corrected chi connectivity index (χ0v) is 9.37. The highest BCUT2D eigenvalue weighted by Crippen LogP contribution is 2.18. The molecule has 1 atom stereocenters. The van der Waals surface area contributed by atoms with Gasteiger partial charge in [0.05, 0.1) is 6.10 Å². The highest BCUT2D eigenvalue weighted by Gasteiger charge is 2.17. The van der Waals surface area contributed by atoms with Crippen molar-refractivity contribution in [1.82, 2.24) is 4.98 Å². The minimum Gasteiger partial charge on any atom is -0.488 e. The fraction of sp³-hybridized carbons (Fsp3) is 0.455. The summed E-state index contributed by atoms with van der Waals surface area (Å²) >= 11 is 0. The van der Waals surface area contributed by atoms with Crippen LogP contribution in [-0.2, 0) is 4.74 Å². The van der Waals surface area contributed by atoms with E-state index in [0.717, 1.165) is 19.4 Å². The second kappa shape index (κ2) is 5.49. The first kappa shape index (κ1) is 11.7. The molecule has 0 bridgehead atoms. The molecule has 1 fully saturated rings. The van der Waals surface area contributed by atoms with Crippen molar-refractivity contribution in [2.24, 2.45) is 10.9 Å². The molecule has 0 aliphatic carbocycles. The molecular weight excluding hydrogens is 222 g/mol. The average molecular weight is 237 g/mol. The highest BCUT2D eigenvalue weighted by molar-refractivity contribution is 5.97. The minimum absolute atomic E-state index is 0.0621. The number of oxime groups is 1. The fourth-order valence-corrected chi connectivity index (χ4v) is 1.71. The number of amidine groups is 1. The Hall–Kier alpha value is -1.82. The van der Waals surface area contributed by atoms with Gasteiger partial charge in [0.1, 0.15) is 12.4 Å². The zero-order valence-electron chi connectivity index (χ0n) is 9.37. The molecule has 0 aromatic carbocycles. The van der Waals surface area contributed by atoms with Crippen molar-refractivity contribution >= 4 is 5.84 Å². The van der Waals surface area contributed by atoms with E-state index >= 15 is 0 Å². The Labute approximate surface area is 99.0 Å². The van der Waals surface area contributed by atoms with Crippen LogP contribution in [0.1, 0.15) is 18.5 Å². The summed E-state index contributed by atoms with van der Waals surface area (Å²) < 4.78 is 11.0. The van der Waals surface area contributed by atoms with Crippen LogP contribution in [0.4, 0.5) is 0 Å². The predicted octanol–water partition coefficient (Wildman–Crippen LogP) is 0.734. The third kappa shape index (κ3) is 2.85. The smallest absolute Gasteiger partial charge is 0.192 e. The molecule has 3 N–H and O–H groups in total. The lowest BCUT2D eigenvalue weighted by Gasteiger charge is -2.13. The van der Waals surface area contributed by atoms with E-state index < -0.39 is 0 Å². The van der Waals surface area contributed by atoms with Crippen LogP contribution < -0.4 is 10.5 Å². The molecule has 2 heterocycles. The third-order valence-electron chi connectivity index (χ3n) is 2.57. The van der Waals surface area contributed by atoms with Crippen LogP contribution >= 0.6 is 0 Å². The first-order valence-corrected chi connectivity index (χ1v) is 5.48. The molecular formula is C11H15N3O3. The maximum absolute atomic E-state index is 8.64. The summed E-state index contributed by atoms with van der Waals surface area (Å²) in [6, 6.07) is 3.47. The van der Waals surface area contributed by atoms with Crippen molar-refractivity contribution in [3.63, 3.8) is 0 Å². The van der Waals surface area contributed by atoms with Crippen LogP contribution in [-0.4, -0.2) is 35.3 Å². The van der Waals surface area contributed by atoms with Gasteiger partial charge in [-0.25, -0.2) is 4.98 Å². The van der Waals surface area contributed by atoms with Crippen molar-refractivity contribution in [3.8, 4) is 5.75 Å². The largest absolute Gasteiger partial charge is 0.488 e. The van der Waals surface area contributed by atoms with Gasteiger partial charge in [-0.3, -0.25) is 0 Å². The summed E-state index contributed by atoms with van der Waals surface area (Å²) in [6.45, 7) is 1.24. The van der Waals surface area contributed by atoms with Gasteiger partial charge in [0.25, 0.3) is 0 Å². The monoisotopic (exact) mass is 237 g/mol. The zero-order chi connectivity index (χ0) is 12.1. The third-order valence-corrected chi connectivity index (χ3v) is 2.57. The topological polar surface area (TPSA) is 90.0 Å². The van der Waals surface area contributed by atoms with Gasteiger partial charge in [0, 0.05) is 12.8 Å². The predicted molar refractivity (Wildman–Crippen MR) is 61.2 cm³/mol. The summed E-state index contributed by atoms with van der Waals surface area (Å²) in [4.78, 5) is 4.01. The molecule has 6 nitrogen and oxygen atoms in total. The quantitative estimate of drug-likeness (QED) is 0.349. The molecule has 6 heteroatoms. The van der Waals surface area contributed by atoms with E-state index in [2.05, 4.69) is 10.1 Å². The van der Waals surface area contributed by atoms with Crippen molar-refractivity contribution in [1.29, 1.82) is 0 Å². The summed E-state index contributed by atoms with van der Waals surface area (Å²) in [5.41, 5.74) is 5.85. The summed E-state index contributed by atoms with van der Waals surface area (Å²) in [5, 5.41) is 11.6. The minimum atomic E-state index is -0.0621. The van der Waals surface area contributed by atoms with Gasteiger partial charge in [-0.15, -0.1) is 0 Å². The Bertz CT molecular complexity index is 403. The van der Waals surface area contributed by atoms with Crippen molar-refractivity contribution in [3.05, 3.63) is 24.0 Å². The first-order chi connectivity index (χ1) is 8.31. The van der Waals surface area contributed by atoms with Gasteiger partial charge in [-0.1, -0.05) is 5.16 Å². The number of hydrogen-bond acceptors (Lipinski definition) is 5. The van der Waals surface area contributed by atoms with Crippen LogP contribution in [0.2, 0.25) is 0 Å². The Morgan fingerprint density at radius 1 is 1.71 bits per heavy atom. The number of rotatable bonds is 4. The average Bonchev–Trinajstić information content (AvgIpc) is 2.89. The number of nitrogens with zero attached hydrogens (tertiary/aromatic N) is 2. The molecule has 1 aromatic rings.